The predicted octanol–water partition coefficient (Wildman–Crippen LogP) is 4.26. The van der Waals surface area contributed by atoms with Crippen molar-refractivity contribution in [3.05, 3.63) is 50.7 Å². The average Bonchev–Trinajstić information content (AvgIpc) is 2.86. The van der Waals surface area contributed by atoms with Crippen LogP contribution in [0.15, 0.2) is 30.3 Å². The molecule has 1 aromatic heterocycles. The minimum Gasteiger partial charge on any atom is -0.488 e. The molecule has 0 aliphatic carbocycles. The Hall–Kier alpha value is -1.03. The number of hydrogen-bond donors (Lipinski definition) is 1. The van der Waals surface area contributed by atoms with Gasteiger partial charge >= 0.3 is 0 Å². The number of hydrogen-bond acceptors (Lipinski definition) is 3. The fourth-order valence-corrected chi connectivity index (χ4v) is 3.03. The SMILES string of the molecule is CCc1cc(OCc2ccc(CNC)s2)ccc1Cl. The van der Waals surface area contributed by atoms with E-state index >= 15 is 0 Å². The van der Waals surface area contributed by atoms with Crippen molar-refractivity contribution in [2.75, 3.05) is 7.05 Å². The van der Waals surface area contributed by atoms with Crippen molar-refractivity contribution in [1.29, 1.82) is 0 Å². The van der Waals surface area contributed by atoms with E-state index in [0.717, 1.165) is 29.3 Å². The molecule has 0 saturated carbocycles. The molecule has 2 nitrogen and oxygen atoms in total. The third kappa shape index (κ3) is 3.96. The molecular weight excluding hydrogens is 278 g/mol. The van der Waals surface area contributed by atoms with Gasteiger partial charge in [-0.1, -0.05) is 18.5 Å². The fourth-order valence-electron chi connectivity index (χ4n) is 1.84. The van der Waals surface area contributed by atoms with Gasteiger partial charge in [0.25, 0.3) is 0 Å². The van der Waals surface area contributed by atoms with Crippen LogP contribution in [0.5, 0.6) is 5.75 Å². The van der Waals surface area contributed by atoms with Crippen LogP contribution >= 0.6 is 22.9 Å². The Morgan fingerprint density at radius 1 is 1.21 bits per heavy atom. The van der Waals surface area contributed by atoms with Crippen LogP contribution in [0.1, 0.15) is 22.2 Å². The molecule has 0 aliphatic rings. The van der Waals surface area contributed by atoms with Gasteiger partial charge in [-0.05, 0) is 49.4 Å². The molecule has 1 aromatic carbocycles. The van der Waals surface area contributed by atoms with E-state index in [4.69, 9.17) is 16.3 Å². The zero-order valence-corrected chi connectivity index (χ0v) is 12.8. The zero-order chi connectivity index (χ0) is 13.7. The predicted molar refractivity (Wildman–Crippen MR) is 82.2 cm³/mol. The maximum atomic E-state index is 6.09. The largest absolute Gasteiger partial charge is 0.488 e. The highest BCUT2D eigenvalue weighted by atomic mass is 35.5. The summed E-state index contributed by atoms with van der Waals surface area (Å²) < 4.78 is 5.81. The second-order valence-corrected chi connectivity index (χ2v) is 5.95. The first-order valence-corrected chi connectivity index (χ1v) is 7.55. The summed E-state index contributed by atoms with van der Waals surface area (Å²) in [5, 5.41) is 3.96. The molecule has 1 N–H and O–H groups in total. The Bertz CT molecular complexity index is 539. The smallest absolute Gasteiger partial charge is 0.122 e. The lowest BCUT2D eigenvalue weighted by atomic mass is 10.1. The van der Waals surface area contributed by atoms with Crippen LogP contribution in [0.4, 0.5) is 0 Å². The van der Waals surface area contributed by atoms with Gasteiger partial charge in [-0.25, -0.2) is 0 Å². The van der Waals surface area contributed by atoms with Crippen molar-refractivity contribution in [3.63, 3.8) is 0 Å². The lowest BCUT2D eigenvalue weighted by Crippen LogP contribution is -2.02. The van der Waals surface area contributed by atoms with Gasteiger partial charge in [0.1, 0.15) is 12.4 Å². The minimum atomic E-state index is 0.610. The maximum Gasteiger partial charge on any atom is 0.122 e. The quantitative estimate of drug-likeness (QED) is 0.859. The third-order valence-corrected chi connectivity index (χ3v) is 4.27. The number of aryl methyl sites for hydroxylation is 1. The summed E-state index contributed by atoms with van der Waals surface area (Å²) in [4.78, 5) is 2.56. The van der Waals surface area contributed by atoms with Crippen molar-refractivity contribution >= 4 is 22.9 Å². The van der Waals surface area contributed by atoms with Crippen molar-refractivity contribution in [2.45, 2.75) is 26.5 Å². The first-order valence-electron chi connectivity index (χ1n) is 6.36. The van der Waals surface area contributed by atoms with Gasteiger partial charge in [0, 0.05) is 21.3 Å². The topological polar surface area (TPSA) is 21.3 Å². The summed E-state index contributed by atoms with van der Waals surface area (Å²) in [5.41, 5.74) is 1.13. The van der Waals surface area contributed by atoms with E-state index in [1.165, 1.54) is 9.75 Å². The van der Waals surface area contributed by atoms with Gasteiger partial charge in [0.05, 0.1) is 0 Å². The third-order valence-electron chi connectivity index (χ3n) is 2.85. The van der Waals surface area contributed by atoms with Crippen LogP contribution in [-0.2, 0) is 19.6 Å². The Morgan fingerprint density at radius 2 is 2.00 bits per heavy atom. The van der Waals surface area contributed by atoms with Crippen molar-refractivity contribution < 1.29 is 4.74 Å². The van der Waals surface area contributed by atoms with Gasteiger partial charge < -0.3 is 10.1 Å². The molecule has 0 amide bonds. The van der Waals surface area contributed by atoms with Crippen molar-refractivity contribution in [3.8, 4) is 5.75 Å². The van der Waals surface area contributed by atoms with Crippen LogP contribution in [0.25, 0.3) is 0 Å². The number of thiophene rings is 1. The Kier molecular flexibility index (Phi) is 5.25. The molecule has 0 atom stereocenters. The second kappa shape index (κ2) is 6.94. The molecule has 1 heterocycles. The first kappa shape index (κ1) is 14.4. The number of nitrogens with one attached hydrogen (secondary N) is 1. The van der Waals surface area contributed by atoms with Crippen LogP contribution in [0.2, 0.25) is 5.02 Å². The summed E-state index contributed by atoms with van der Waals surface area (Å²) in [6, 6.07) is 10.1. The molecule has 19 heavy (non-hydrogen) atoms. The lowest BCUT2D eigenvalue weighted by Gasteiger charge is -2.07. The number of ether oxygens (including phenoxy) is 1. The van der Waals surface area contributed by atoms with Gasteiger partial charge in [0.15, 0.2) is 0 Å². The molecular formula is C15H18ClNOS. The van der Waals surface area contributed by atoms with E-state index in [1.54, 1.807) is 11.3 Å². The normalized spacial score (nSPS) is 10.7. The number of benzene rings is 1. The standard InChI is InChI=1S/C15H18ClNOS/c1-3-11-8-12(4-7-15(11)16)18-10-14-6-5-13(19-14)9-17-2/h4-8,17H,3,9-10H2,1-2H3. The highest BCUT2D eigenvalue weighted by molar-refractivity contribution is 7.11. The fraction of sp³-hybridized carbons (Fsp3) is 0.333. The molecule has 2 aromatic rings. The van der Waals surface area contributed by atoms with E-state index in [0.29, 0.717) is 6.61 Å². The van der Waals surface area contributed by atoms with Crippen LogP contribution in [0.3, 0.4) is 0 Å². The highest BCUT2D eigenvalue weighted by Gasteiger charge is 2.03. The van der Waals surface area contributed by atoms with Gasteiger partial charge in [-0.3, -0.25) is 0 Å². The lowest BCUT2D eigenvalue weighted by molar-refractivity contribution is 0.309. The monoisotopic (exact) mass is 295 g/mol. The summed E-state index contributed by atoms with van der Waals surface area (Å²) in [7, 11) is 1.95. The molecule has 4 heteroatoms. The van der Waals surface area contributed by atoms with Gasteiger partial charge in [-0.15, -0.1) is 11.3 Å². The maximum absolute atomic E-state index is 6.09. The minimum absolute atomic E-state index is 0.610. The van der Waals surface area contributed by atoms with Crippen LogP contribution in [0, 0.1) is 0 Å². The van der Waals surface area contributed by atoms with Crippen LogP contribution < -0.4 is 10.1 Å². The highest BCUT2D eigenvalue weighted by Crippen LogP contribution is 2.24. The molecule has 0 unspecified atom stereocenters. The van der Waals surface area contributed by atoms with Gasteiger partial charge in [0.2, 0.25) is 0 Å². The summed E-state index contributed by atoms with van der Waals surface area (Å²) in [6.45, 7) is 3.61. The Balaban J connectivity index is 1.97. The van der Waals surface area contributed by atoms with Gasteiger partial charge in [-0.2, -0.15) is 0 Å². The molecule has 0 aliphatic heterocycles. The second-order valence-electron chi connectivity index (χ2n) is 4.29. The molecule has 0 saturated heterocycles. The van der Waals surface area contributed by atoms with E-state index < -0.39 is 0 Å². The molecule has 0 bridgehead atoms. The van der Waals surface area contributed by atoms with Crippen LogP contribution in [-0.4, -0.2) is 7.05 Å². The summed E-state index contributed by atoms with van der Waals surface area (Å²) >= 11 is 7.87. The molecule has 102 valence electrons. The summed E-state index contributed by atoms with van der Waals surface area (Å²) in [5.74, 6) is 0.879. The van der Waals surface area contributed by atoms with E-state index in [1.807, 2.05) is 25.2 Å². The van der Waals surface area contributed by atoms with E-state index in [-0.39, 0.29) is 0 Å². The Morgan fingerprint density at radius 3 is 2.74 bits per heavy atom. The number of rotatable bonds is 6. The molecule has 0 spiro atoms. The van der Waals surface area contributed by atoms with E-state index in [2.05, 4.69) is 24.4 Å². The molecule has 0 fully saturated rings. The molecule has 2 rings (SSSR count). The van der Waals surface area contributed by atoms with Crippen molar-refractivity contribution in [1.82, 2.24) is 5.32 Å². The van der Waals surface area contributed by atoms with Crippen molar-refractivity contribution in [2.24, 2.45) is 0 Å². The number of halogens is 1. The molecule has 0 radical (unpaired) electrons. The first-order chi connectivity index (χ1) is 9.22. The summed E-state index contributed by atoms with van der Waals surface area (Å²) in [6.07, 6.45) is 0.918. The van der Waals surface area contributed by atoms with E-state index in [9.17, 15) is 0 Å². The zero-order valence-electron chi connectivity index (χ0n) is 11.2. The average molecular weight is 296 g/mol. The Labute approximate surface area is 123 Å².